The fraction of sp³-hybridized carbons (Fsp3) is 0.111. The van der Waals surface area contributed by atoms with E-state index in [1.54, 1.807) is 24.3 Å². The normalized spacial score (nSPS) is 9.65. The highest BCUT2D eigenvalue weighted by molar-refractivity contribution is 6.17. The van der Waals surface area contributed by atoms with Gasteiger partial charge in [0.05, 0.1) is 14.2 Å². The van der Waals surface area contributed by atoms with Crippen LogP contribution in [0.3, 0.4) is 0 Å². The second-order valence-corrected chi connectivity index (χ2v) is 4.53. The van der Waals surface area contributed by atoms with Crippen LogP contribution in [0.5, 0.6) is 11.5 Å². The van der Waals surface area contributed by atoms with E-state index in [1.807, 2.05) is 30.3 Å². The van der Waals surface area contributed by atoms with Crippen molar-refractivity contribution < 1.29 is 23.8 Å². The third kappa shape index (κ3) is 4.44. The Morgan fingerprint density at radius 2 is 1.30 bits per heavy atom. The number of hydrogen-bond donors (Lipinski definition) is 0. The van der Waals surface area contributed by atoms with Gasteiger partial charge in [0, 0.05) is 0 Å². The Morgan fingerprint density at radius 3 is 1.83 bits per heavy atom. The van der Waals surface area contributed by atoms with Crippen LogP contribution in [0.2, 0.25) is 0 Å². The summed E-state index contributed by atoms with van der Waals surface area (Å²) in [4.78, 5) is 23.2. The van der Waals surface area contributed by atoms with E-state index in [9.17, 15) is 9.59 Å². The Hall–Kier alpha value is -3.08. The molecule has 0 heterocycles. The summed E-state index contributed by atoms with van der Waals surface area (Å²) in [7, 11) is 2.41. The Morgan fingerprint density at radius 1 is 0.783 bits per heavy atom. The first-order valence-electron chi connectivity index (χ1n) is 6.85. The highest BCUT2D eigenvalue weighted by Gasteiger charge is 2.19. The quantitative estimate of drug-likeness (QED) is 0.367. The molecule has 0 bridgehead atoms. The molecule has 118 valence electrons. The van der Waals surface area contributed by atoms with E-state index in [0.29, 0.717) is 11.3 Å². The third-order valence-corrected chi connectivity index (χ3v) is 2.98. The predicted octanol–water partition coefficient (Wildman–Crippen LogP) is 3.21. The maximum Gasteiger partial charge on any atom is 0.345 e. The summed E-state index contributed by atoms with van der Waals surface area (Å²) >= 11 is 0. The largest absolute Gasteiger partial charge is 0.465 e. The molecule has 0 amide bonds. The molecule has 2 aromatic rings. The van der Waals surface area contributed by atoms with Crippen LogP contribution in [-0.4, -0.2) is 26.2 Å². The number of methoxy groups -OCH3 is 2. The molecular weight excluding hydrogens is 296 g/mol. The van der Waals surface area contributed by atoms with Crippen LogP contribution in [0.25, 0.3) is 6.08 Å². The molecule has 0 saturated carbocycles. The van der Waals surface area contributed by atoms with Crippen molar-refractivity contribution in [2.24, 2.45) is 0 Å². The maximum absolute atomic E-state index is 11.6. The Kier molecular flexibility index (Phi) is 5.52. The number of benzene rings is 2. The second-order valence-electron chi connectivity index (χ2n) is 4.53. The summed E-state index contributed by atoms with van der Waals surface area (Å²) in [6.45, 7) is 0. The Bertz CT molecular complexity index is 684. The topological polar surface area (TPSA) is 61.8 Å². The van der Waals surface area contributed by atoms with Crippen molar-refractivity contribution in [2.45, 2.75) is 0 Å². The highest BCUT2D eigenvalue weighted by Crippen LogP contribution is 2.22. The fourth-order valence-electron chi connectivity index (χ4n) is 1.84. The van der Waals surface area contributed by atoms with E-state index in [4.69, 9.17) is 4.74 Å². The monoisotopic (exact) mass is 312 g/mol. The van der Waals surface area contributed by atoms with Crippen molar-refractivity contribution in [1.29, 1.82) is 0 Å². The SMILES string of the molecule is COC(=O)C(=Cc1ccc(Oc2ccccc2)cc1)C(=O)OC. The van der Waals surface area contributed by atoms with Crippen LogP contribution in [0.1, 0.15) is 5.56 Å². The standard InChI is InChI=1S/C18H16O5/c1-21-17(19)16(18(20)22-2)12-13-8-10-15(11-9-13)23-14-6-4-3-5-7-14/h3-12H,1-2H3. The van der Waals surface area contributed by atoms with Gasteiger partial charge in [0.2, 0.25) is 0 Å². The van der Waals surface area contributed by atoms with E-state index in [1.165, 1.54) is 20.3 Å². The summed E-state index contributed by atoms with van der Waals surface area (Å²) in [5, 5.41) is 0. The lowest BCUT2D eigenvalue weighted by molar-refractivity contribution is -0.143. The minimum absolute atomic E-state index is 0.174. The van der Waals surface area contributed by atoms with Crippen LogP contribution in [-0.2, 0) is 19.1 Å². The molecule has 23 heavy (non-hydrogen) atoms. The van der Waals surface area contributed by atoms with Crippen molar-refractivity contribution in [3.05, 3.63) is 65.7 Å². The average molecular weight is 312 g/mol. The molecule has 0 aliphatic carbocycles. The first-order chi connectivity index (χ1) is 11.1. The van der Waals surface area contributed by atoms with Gasteiger partial charge in [0.15, 0.2) is 0 Å². The molecule has 0 unspecified atom stereocenters. The van der Waals surface area contributed by atoms with Gasteiger partial charge in [0.25, 0.3) is 0 Å². The number of para-hydroxylation sites is 1. The van der Waals surface area contributed by atoms with Crippen LogP contribution < -0.4 is 4.74 Å². The second kappa shape index (κ2) is 7.79. The molecule has 0 saturated heterocycles. The van der Waals surface area contributed by atoms with Gasteiger partial charge in [-0.25, -0.2) is 9.59 Å². The molecule has 0 fully saturated rings. The average Bonchev–Trinajstić information content (AvgIpc) is 2.60. The number of hydrogen-bond acceptors (Lipinski definition) is 5. The van der Waals surface area contributed by atoms with Crippen LogP contribution in [0.15, 0.2) is 60.2 Å². The number of rotatable bonds is 5. The molecule has 2 aromatic carbocycles. The van der Waals surface area contributed by atoms with Gasteiger partial charge in [-0.15, -0.1) is 0 Å². The van der Waals surface area contributed by atoms with Crippen molar-refractivity contribution in [1.82, 2.24) is 0 Å². The van der Waals surface area contributed by atoms with Gasteiger partial charge in [-0.2, -0.15) is 0 Å². The van der Waals surface area contributed by atoms with Crippen molar-refractivity contribution in [2.75, 3.05) is 14.2 Å². The molecule has 5 nitrogen and oxygen atoms in total. The van der Waals surface area contributed by atoms with Gasteiger partial charge in [0.1, 0.15) is 17.1 Å². The van der Waals surface area contributed by atoms with Gasteiger partial charge >= 0.3 is 11.9 Å². The van der Waals surface area contributed by atoms with E-state index in [-0.39, 0.29) is 5.57 Å². The summed E-state index contributed by atoms with van der Waals surface area (Å²) in [6.07, 6.45) is 1.41. The molecule has 0 aromatic heterocycles. The number of carbonyl (C=O) groups excluding carboxylic acids is 2. The Balaban J connectivity index is 2.19. The van der Waals surface area contributed by atoms with Crippen molar-refractivity contribution >= 4 is 18.0 Å². The zero-order chi connectivity index (χ0) is 16.7. The van der Waals surface area contributed by atoms with Crippen LogP contribution in [0.4, 0.5) is 0 Å². The van der Waals surface area contributed by atoms with E-state index in [0.717, 1.165) is 5.75 Å². The van der Waals surface area contributed by atoms with Gasteiger partial charge in [-0.1, -0.05) is 30.3 Å². The zero-order valence-corrected chi connectivity index (χ0v) is 12.8. The zero-order valence-electron chi connectivity index (χ0n) is 12.8. The smallest absolute Gasteiger partial charge is 0.345 e. The highest BCUT2D eigenvalue weighted by atomic mass is 16.5. The van der Waals surface area contributed by atoms with Crippen LogP contribution in [0, 0.1) is 0 Å². The van der Waals surface area contributed by atoms with Gasteiger partial charge < -0.3 is 14.2 Å². The lowest BCUT2D eigenvalue weighted by Crippen LogP contribution is -2.15. The van der Waals surface area contributed by atoms with Gasteiger partial charge in [-0.3, -0.25) is 0 Å². The summed E-state index contributed by atoms with van der Waals surface area (Å²) in [5.74, 6) is -0.130. The third-order valence-electron chi connectivity index (χ3n) is 2.98. The molecule has 0 spiro atoms. The van der Waals surface area contributed by atoms with Gasteiger partial charge in [-0.05, 0) is 35.9 Å². The summed E-state index contributed by atoms with van der Waals surface area (Å²) < 4.78 is 14.8. The number of esters is 2. The molecule has 0 radical (unpaired) electrons. The van der Waals surface area contributed by atoms with E-state index in [2.05, 4.69) is 9.47 Å². The fourth-order valence-corrected chi connectivity index (χ4v) is 1.84. The first kappa shape index (κ1) is 16.3. The van der Waals surface area contributed by atoms with E-state index >= 15 is 0 Å². The van der Waals surface area contributed by atoms with Crippen molar-refractivity contribution in [3.63, 3.8) is 0 Å². The molecule has 2 rings (SSSR count). The molecule has 0 N–H and O–H groups in total. The lowest BCUT2D eigenvalue weighted by atomic mass is 10.1. The van der Waals surface area contributed by atoms with Crippen LogP contribution >= 0.6 is 0 Å². The molecular formula is C18H16O5. The Labute approximate surface area is 134 Å². The summed E-state index contributed by atoms with van der Waals surface area (Å²) in [6, 6.07) is 16.3. The number of carbonyl (C=O) groups is 2. The minimum atomic E-state index is -0.749. The maximum atomic E-state index is 11.6. The predicted molar refractivity (Wildman–Crippen MR) is 85.0 cm³/mol. The van der Waals surface area contributed by atoms with Crippen molar-refractivity contribution in [3.8, 4) is 11.5 Å². The lowest BCUT2D eigenvalue weighted by Gasteiger charge is -2.06. The molecule has 0 aliphatic rings. The van der Waals surface area contributed by atoms with E-state index < -0.39 is 11.9 Å². The molecule has 0 atom stereocenters. The summed E-state index contributed by atoms with van der Waals surface area (Å²) in [5.41, 5.74) is 0.475. The first-order valence-corrected chi connectivity index (χ1v) is 6.85. The molecule has 5 heteroatoms. The minimum Gasteiger partial charge on any atom is -0.465 e. The molecule has 0 aliphatic heterocycles. The number of ether oxygens (including phenoxy) is 3.